The number of methoxy groups -OCH3 is 1. The van der Waals surface area contributed by atoms with E-state index in [2.05, 4.69) is 10.6 Å². The van der Waals surface area contributed by atoms with Gasteiger partial charge in [0.2, 0.25) is 0 Å². The summed E-state index contributed by atoms with van der Waals surface area (Å²) in [5.41, 5.74) is 7.95. The lowest BCUT2D eigenvalue weighted by molar-refractivity contribution is 0.415. The Morgan fingerprint density at radius 3 is 2.67 bits per heavy atom. The van der Waals surface area contributed by atoms with Crippen LogP contribution in [0.25, 0.3) is 11.0 Å². The van der Waals surface area contributed by atoms with Crippen LogP contribution in [0.5, 0.6) is 5.75 Å². The Morgan fingerprint density at radius 2 is 2.11 bits per heavy atom. The maximum atomic E-state index is 6.24. The molecule has 0 saturated heterocycles. The predicted molar refractivity (Wildman–Crippen MR) is 71.8 cm³/mol. The van der Waals surface area contributed by atoms with Crippen LogP contribution >= 0.6 is 0 Å². The van der Waals surface area contributed by atoms with Crippen LogP contribution in [-0.2, 0) is 5.54 Å². The molecule has 1 aliphatic rings. The van der Waals surface area contributed by atoms with Gasteiger partial charge in [0.25, 0.3) is 0 Å². The van der Waals surface area contributed by atoms with Crippen molar-refractivity contribution in [1.82, 2.24) is 9.55 Å². The number of hydrogen-bond donors (Lipinski definition) is 1. The molecule has 2 aromatic rings. The van der Waals surface area contributed by atoms with Crippen LogP contribution in [0.15, 0.2) is 18.2 Å². The van der Waals surface area contributed by atoms with Gasteiger partial charge in [-0.3, -0.25) is 0 Å². The van der Waals surface area contributed by atoms with E-state index < -0.39 is 5.54 Å². The Bertz CT molecular complexity index is 591. The number of aromatic nitrogens is 2. The second-order valence-corrected chi connectivity index (χ2v) is 5.61. The molecule has 0 bridgehead atoms. The molecular formula is C14H19N3O. The summed E-state index contributed by atoms with van der Waals surface area (Å²) in [6.45, 7) is 4.01. The third-order valence-corrected chi connectivity index (χ3v) is 3.38. The van der Waals surface area contributed by atoms with E-state index in [-0.39, 0.29) is 0 Å². The standard InChI is InChI=1S/C14H19N3O/c1-14(2,15)13-16-11-8-10(18-3)6-7-12(11)17(13)9-4-5-9/h6-9H,4-5,15H2,1-3H3. The monoisotopic (exact) mass is 245 g/mol. The Hall–Kier alpha value is -1.55. The third kappa shape index (κ3) is 1.77. The largest absolute Gasteiger partial charge is 0.497 e. The third-order valence-electron chi connectivity index (χ3n) is 3.38. The molecule has 0 atom stereocenters. The fourth-order valence-electron chi connectivity index (χ4n) is 2.36. The van der Waals surface area contributed by atoms with E-state index in [1.54, 1.807) is 7.11 Å². The number of ether oxygens (including phenoxy) is 1. The molecule has 0 amide bonds. The van der Waals surface area contributed by atoms with E-state index in [4.69, 9.17) is 15.5 Å². The van der Waals surface area contributed by atoms with Gasteiger partial charge in [0.05, 0.1) is 23.7 Å². The van der Waals surface area contributed by atoms with Crippen molar-refractivity contribution in [3.8, 4) is 5.75 Å². The van der Waals surface area contributed by atoms with Gasteiger partial charge >= 0.3 is 0 Å². The first-order valence-corrected chi connectivity index (χ1v) is 6.36. The van der Waals surface area contributed by atoms with Crippen molar-refractivity contribution in [2.24, 2.45) is 5.73 Å². The van der Waals surface area contributed by atoms with Crippen LogP contribution in [0.3, 0.4) is 0 Å². The average molecular weight is 245 g/mol. The van der Waals surface area contributed by atoms with E-state index in [0.717, 1.165) is 22.6 Å². The molecule has 1 aliphatic carbocycles. The van der Waals surface area contributed by atoms with Gasteiger partial charge in [-0.2, -0.15) is 0 Å². The van der Waals surface area contributed by atoms with Crippen molar-refractivity contribution in [3.05, 3.63) is 24.0 Å². The van der Waals surface area contributed by atoms with E-state index in [1.807, 2.05) is 26.0 Å². The van der Waals surface area contributed by atoms with E-state index in [1.165, 1.54) is 12.8 Å². The molecule has 2 N–H and O–H groups in total. The molecule has 1 saturated carbocycles. The summed E-state index contributed by atoms with van der Waals surface area (Å²) in [5, 5.41) is 0. The number of nitrogens with two attached hydrogens (primary N) is 1. The first kappa shape index (κ1) is 11.5. The van der Waals surface area contributed by atoms with Crippen molar-refractivity contribution in [2.45, 2.75) is 38.3 Å². The highest BCUT2D eigenvalue weighted by molar-refractivity contribution is 5.78. The summed E-state index contributed by atoms with van der Waals surface area (Å²) >= 11 is 0. The van der Waals surface area contributed by atoms with E-state index >= 15 is 0 Å². The van der Waals surface area contributed by atoms with Gasteiger partial charge in [-0.15, -0.1) is 0 Å². The highest BCUT2D eigenvalue weighted by Crippen LogP contribution is 2.40. The molecule has 0 spiro atoms. The number of nitrogens with zero attached hydrogens (tertiary/aromatic N) is 2. The number of fused-ring (bicyclic) bond motifs is 1. The number of imidazole rings is 1. The lowest BCUT2D eigenvalue weighted by Crippen LogP contribution is -2.32. The predicted octanol–water partition coefficient (Wildman–Crippen LogP) is 2.57. The van der Waals surface area contributed by atoms with Gasteiger partial charge in [-0.05, 0) is 38.8 Å². The number of rotatable bonds is 3. The molecule has 3 rings (SSSR count). The highest BCUT2D eigenvalue weighted by Gasteiger charge is 2.32. The lowest BCUT2D eigenvalue weighted by Gasteiger charge is -2.20. The van der Waals surface area contributed by atoms with Gasteiger partial charge in [0.1, 0.15) is 11.6 Å². The zero-order valence-corrected chi connectivity index (χ0v) is 11.1. The minimum Gasteiger partial charge on any atom is -0.497 e. The molecule has 0 unspecified atom stereocenters. The molecule has 1 aromatic carbocycles. The maximum Gasteiger partial charge on any atom is 0.129 e. The van der Waals surface area contributed by atoms with Gasteiger partial charge in [-0.1, -0.05) is 0 Å². The van der Waals surface area contributed by atoms with Crippen LogP contribution in [0.2, 0.25) is 0 Å². The van der Waals surface area contributed by atoms with Crippen molar-refractivity contribution in [2.75, 3.05) is 7.11 Å². The second-order valence-electron chi connectivity index (χ2n) is 5.61. The van der Waals surface area contributed by atoms with E-state index in [0.29, 0.717) is 6.04 Å². The second kappa shape index (κ2) is 3.72. The Labute approximate surface area is 107 Å². The minimum absolute atomic E-state index is 0.422. The van der Waals surface area contributed by atoms with Crippen LogP contribution in [-0.4, -0.2) is 16.7 Å². The SMILES string of the molecule is COc1ccc2c(c1)nc(C(C)(C)N)n2C1CC1. The van der Waals surface area contributed by atoms with Gasteiger partial charge < -0.3 is 15.0 Å². The minimum atomic E-state index is -0.422. The topological polar surface area (TPSA) is 53.1 Å². The summed E-state index contributed by atoms with van der Waals surface area (Å²) in [6, 6.07) is 6.61. The van der Waals surface area contributed by atoms with Crippen molar-refractivity contribution in [1.29, 1.82) is 0 Å². The number of hydrogen-bond acceptors (Lipinski definition) is 3. The molecule has 0 radical (unpaired) electrons. The molecule has 1 heterocycles. The van der Waals surface area contributed by atoms with Crippen LogP contribution in [0, 0.1) is 0 Å². The van der Waals surface area contributed by atoms with Gasteiger partial charge in [-0.25, -0.2) is 4.98 Å². The van der Waals surface area contributed by atoms with Crippen LogP contribution in [0.4, 0.5) is 0 Å². The van der Waals surface area contributed by atoms with E-state index in [9.17, 15) is 0 Å². The molecule has 0 aliphatic heterocycles. The average Bonchev–Trinajstić information content (AvgIpc) is 3.07. The molecule has 96 valence electrons. The fourth-order valence-corrected chi connectivity index (χ4v) is 2.36. The quantitative estimate of drug-likeness (QED) is 0.904. The zero-order chi connectivity index (χ0) is 12.9. The number of benzene rings is 1. The first-order chi connectivity index (χ1) is 8.50. The summed E-state index contributed by atoms with van der Waals surface area (Å²) in [4.78, 5) is 4.71. The smallest absolute Gasteiger partial charge is 0.129 e. The van der Waals surface area contributed by atoms with Gasteiger partial charge in [0, 0.05) is 12.1 Å². The van der Waals surface area contributed by atoms with Crippen LogP contribution in [0.1, 0.15) is 38.6 Å². The summed E-state index contributed by atoms with van der Waals surface area (Å²) in [6.07, 6.45) is 2.45. The Balaban J connectivity index is 2.25. The fraction of sp³-hybridized carbons (Fsp3) is 0.500. The molecule has 18 heavy (non-hydrogen) atoms. The molecule has 4 nitrogen and oxygen atoms in total. The summed E-state index contributed by atoms with van der Waals surface area (Å²) in [7, 11) is 1.67. The van der Waals surface area contributed by atoms with Crippen molar-refractivity contribution in [3.63, 3.8) is 0 Å². The Morgan fingerprint density at radius 1 is 1.39 bits per heavy atom. The molecule has 4 heteroatoms. The van der Waals surface area contributed by atoms with Gasteiger partial charge in [0.15, 0.2) is 0 Å². The Kier molecular flexibility index (Phi) is 2.38. The van der Waals surface area contributed by atoms with Crippen molar-refractivity contribution < 1.29 is 4.74 Å². The van der Waals surface area contributed by atoms with Crippen molar-refractivity contribution >= 4 is 11.0 Å². The molecule has 1 aromatic heterocycles. The lowest BCUT2D eigenvalue weighted by atomic mass is 10.1. The zero-order valence-electron chi connectivity index (χ0n) is 11.1. The maximum absolute atomic E-state index is 6.24. The van der Waals surface area contributed by atoms with Crippen LogP contribution < -0.4 is 10.5 Å². The first-order valence-electron chi connectivity index (χ1n) is 6.36. The normalized spacial score (nSPS) is 16.2. The molecular weight excluding hydrogens is 226 g/mol. The summed E-state index contributed by atoms with van der Waals surface area (Å²) < 4.78 is 7.55. The highest BCUT2D eigenvalue weighted by atomic mass is 16.5. The summed E-state index contributed by atoms with van der Waals surface area (Å²) in [5.74, 6) is 1.80. The molecule has 1 fully saturated rings.